The first-order valence-electron chi connectivity index (χ1n) is 7.14. The van der Waals surface area contributed by atoms with Crippen LogP contribution in [-0.2, 0) is 6.61 Å². The highest BCUT2D eigenvalue weighted by Crippen LogP contribution is 2.27. The fourth-order valence-corrected chi connectivity index (χ4v) is 2.83. The number of aliphatic hydroxyl groups excluding tert-OH is 1. The van der Waals surface area contributed by atoms with Gasteiger partial charge in [-0.15, -0.1) is 0 Å². The number of halogens is 2. The van der Waals surface area contributed by atoms with Gasteiger partial charge in [0.1, 0.15) is 12.4 Å². The molecule has 3 rings (SSSR count). The van der Waals surface area contributed by atoms with Crippen molar-refractivity contribution in [1.82, 2.24) is 10.1 Å². The molecule has 0 spiro atoms. The fourth-order valence-electron chi connectivity index (χ4n) is 2.54. The SMILES string of the molecule is O=C(c1cc(CO)on1)N1CCN(c2ccc(F)cc2Cl)CC1. The average molecular weight is 340 g/mol. The molecule has 2 aromatic rings. The molecule has 6 nitrogen and oxygen atoms in total. The van der Waals surface area contributed by atoms with Gasteiger partial charge in [-0.25, -0.2) is 4.39 Å². The molecule has 0 bridgehead atoms. The summed E-state index contributed by atoms with van der Waals surface area (Å²) >= 11 is 6.07. The number of aromatic nitrogens is 1. The predicted octanol–water partition coefficient (Wildman–Crippen LogP) is 1.92. The Labute approximate surface area is 137 Å². The third-order valence-electron chi connectivity index (χ3n) is 3.75. The van der Waals surface area contributed by atoms with E-state index < -0.39 is 0 Å². The van der Waals surface area contributed by atoms with Crippen LogP contribution in [0.5, 0.6) is 0 Å². The first-order valence-corrected chi connectivity index (χ1v) is 7.52. The van der Waals surface area contributed by atoms with Crippen LogP contribution in [0.15, 0.2) is 28.8 Å². The van der Waals surface area contributed by atoms with Gasteiger partial charge in [0, 0.05) is 32.2 Å². The van der Waals surface area contributed by atoms with E-state index in [4.69, 9.17) is 21.2 Å². The van der Waals surface area contributed by atoms with Crippen LogP contribution < -0.4 is 4.90 Å². The van der Waals surface area contributed by atoms with Crippen LogP contribution in [0.2, 0.25) is 5.02 Å². The van der Waals surface area contributed by atoms with Crippen molar-refractivity contribution in [1.29, 1.82) is 0 Å². The van der Waals surface area contributed by atoms with E-state index in [9.17, 15) is 9.18 Å². The van der Waals surface area contributed by atoms with Crippen molar-refractivity contribution < 1.29 is 18.8 Å². The van der Waals surface area contributed by atoms with E-state index in [2.05, 4.69) is 5.16 Å². The van der Waals surface area contributed by atoms with Gasteiger partial charge in [-0.1, -0.05) is 16.8 Å². The second-order valence-electron chi connectivity index (χ2n) is 5.21. The van der Waals surface area contributed by atoms with Gasteiger partial charge >= 0.3 is 0 Å². The van der Waals surface area contributed by atoms with Gasteiger partial charge in [-0.3, -0.25) is 4.79 Å². The lowest BCUT2D eigenvalue weighted by Gasteiger charge is -2.36. The molecule has 1 fully saturated rings. The van der Waals surface area contributed by atoms with E-state index in [1.54, 1.807) is 11.0 Å². The van der Waals surface area contributed by atoms with Gasteiger partial charge in [0.25, 0.3) is 5.91 Å². The Hall–Kier alpha value is -2.12. The highest BCUT2D eigenvalue weighted by Gasteiger charge is 2.25. The number of aliphatic hydroxyl groups is 1. The van der Waals surface area contributed by atoms with E-state index in [1.807, 2.05) is 4.90 Å². The second-order valence-corrected chi connectivity index (χ2v) is 5.62. The number of hydrogen-bond acceptors (Lipinski definition) is 5. The number of anilines is 1. The van der Waals surface area contributed by atoms with Crippen LogP contribution in [0.3, 0.4) is 0 Å². The van der Waals surface area contributed by atoms with Crippen molar-refractivity contribution >= 4 is 23.2 Å². The molecular formula is C15H15ClFN3O3. The summed E-state index contributed by atoms with van der Waals surface area (Å²) in [4.78, 5) is 16.0. The molecule has 1 amide bonds. The highest BCUT2D eigenvalue weighted by molar-refractivity contribution is 6.33. The second kappa shape index (κ2) is 6.55. The van der Waals surface area contributed by atoms with Gasteiger partial charge in [0.15, 0.2) is 11.5 Å². The Bertz CT molecular complexity index is 714. The van der Waals surface area contributed by atoms with Crippen LogP contribution in [-0.4, -0.2) is 47.2 Å². The Balaban J connectivity index is 1.65. The maximum atomic E-state index is 13.1. The largest absolute Gasteiger partial charge is 0.388 e. The minimum Gasteiger partial charge on any atom is -0.388 e. The van der Waals surface area contributed by atoms with Gasteiger partial charge in [0.05, 0.1) is 10.7 Å². The molecule has 1 N–H and O–H groups in total. The third-order valence-corrected chi connectivity index (χ3v) is 4.05. The van der Waals surface area contributed by atoms with Crippen LogP contribution in [0.4, 0.5) is 10.1 Å². The number of hydrogen-bond donors (Lipinski definition) is 1. The third kappa shape index (κ3) is 3.30. The first-order chi connectivity index (χ1) is 11.1. The summed E-state index contributed by atoms with van der Waals surface area (Å²) in [5, 5.41) is 13.0. The van der Waals surface area contributed by atoms with Gasteiger partial charge in [0.2, 0.25) is 0 Å². The quantitative estimate of drug-likeness (QED) is 0.925. The maximum Gasteiger partial charge on any atom is 0.276 e. The Morgan fingerprint density at radius 2 is 2.04 bits per heavy atom. The molecule has 0 radical (unpaired) electrons. The zero-order chi connectivity index (χ0) is 16.4. The smallest absolute Gasteiger partial charge is 0.276 e. The Morgan fingerprint density at radius 1 is 1.30 bits per heavy atom. The molecule has 1 aromatic heterocycles. The van der Waals surface area contributed by atoms with E-state index in [0.29, 0.717) is 31.2 Å². The lowest BCUT2D eigenvalue weighted by molar-refractivity contribution is 0.0736. The molecule has 2 heterocycles. The van der Waals surface area contributed by atoms with Crippen molar-refractivity contribution in [3.63, 3.8) is 0 Å². The molecule has 1 aromatic carbocycles. The Kier molecular flexibility index (Phi) is 4.49. The summed E-state index contributed by atoms with van der Waals surface area (Å²) in [5.41, 5.74) is 0.937. The minimum absolute atomic E-state index is 0.183. The zero-order valence-electron chi connectivity index (χ0n) is 12.2. The summed E-state index contributed by atoms with van der Waals surface area (Å²) in [7, 11) is 0. The predicted molar refractivity (Wildman–Crippen MR) is 82.0 cm³/mol. The molecule has 0 unspecified atom stereocenters. The molecule has 0 atom stereocenters. The molecule has 1 saturated heterocycles. The average Bonchev–Trinajstić information content (AvgIpc) is 3.03. The van der Waals surface area contributed by atoms with Crippen LogP contribution >= 0.6 is 11.6 Å². The van der Waals surface area contributed by atoms with Crippen molar-refractivity contribution in [3.8, 4) is 0 Å². The summed E-state index contributed by atoms with van der Waals surface area (Å²) in [6, 6.07) is 5.72. The van der Waals surface area contributed by atoms with Crippen LogP contribution in [0, 0.1) is 5.82 Å². The lowest BCUT2D eigenvalue weighted by atomic mass is 10.2. The van der Waals surface area contributed by atoms with Crippen LogP contribution in [0.1, 0.15) is 16.2 Å². The summed E-state index contributed by atoms with van der Waals surface area (Å²) in [6.45, 7) is 1.86. The number of benzene rings is 1. The number of piperazine rings is 1. The van der Waals surface area contributed by atoms with Gasteiger partial charge in [-0.2, -0.15) is 0 Å². The van der Waals surface area contributed by atoms with Crippen molar-refractivity contribution in [2.75, 3.05) is 31.1 Å². The van der Waals surface area contributed by atoms with E-state index in [0.717, 1.165) is 5.69 Å². The van der Waals surface area contributed by atoms with E-state index >= 15 is 0 Å². The standard InChI is InChI=1S/C15H15ClFN3O3/c16-12-7-10(17)1-2-14(12)19-3-5-20(6-4-19)15(22)13-8-11(9-21)23-18-13/h1-2,7-8,21H,3-6,9H2. The van der Waals surface area contributed by atoms with Gasteiger partial charge in [-0.05, 0) is 18.2 Å². The monoisotopic (exact) mass is 339 g/mol. The highest BCUT2D eigenvalue weighted by atomic mass is 35.5. The van der Waals surface area contributed by atoms with E-state index in [-0.39, 0.29) is 29.8 Å². The lowest BCUT2D eigenvalue weighted by Crippen LogP contribution is -2.49. The maximum absolute atomic E-state index is 13.1. The topological polar surface area (TPSA) is 69.8 Å². The van der Waals surface area contributed by atoms with Crippen molar-refractivity contribution in [2.24, 2.45) is 0 Å². The number of amides is 1. The molecular weight excluding hydrogens is 325 g/mol. The first kappa shape index (κ1) is 15.8. The fraction of sp³-hybridized carbons (Fsp3) is 0.333. The number of carbonyl (C=O) groups excluding carboxylic acids is 1. The summed E-state index contributed by atoms with van der Waals surface area (Å²) in [6.07, 6.45) is 0. The number of rotatable bonds is 3. The van der Waals surface area contributed by atoms with Gasteiger partial charge < -0.3 is 19.4 Å². The van der Waals surface area contributed by atoms with Crippen LogP contribution in [0.25, 0.3) is 0 Å². The molecule has 1 aliphatic heterocycles. The molecule has 1 aliphatic rings. The Morgan fingerprint density at radius 3 is 2.65 bits per heavy atom. The molecule has 23 heavy (non-hydrogen) atoms. The normalized spacial score (nSPS) is 15.1. The van der Waals surface area contributed by atoms with Crippen molar-refractivity contribution in [3.05, 3.63) is 46.6 Å². The number of carbonyl (C=O) groups is 1. The molecule has 122 valence electrons. The number of nitrogens with zero attached hydrogens (tertiary/aromatic N) is 3. The molecule has 0 saturated carbocycles. The van der Waals surface area contributed by atoms with E-state index in [1.165, 1.54) is 18.2 Å². The molecule has 8 heteroatoms. The summed E-state index contributed by atoms with van der Waals surface area (Å²) < 4.78 is 17.9. The summed E-state index contributed by atoms with van der Waals surface area (Å²) in [5.74, 6) is -0.360. The van der Waals surface area contributed by atoms with Crippen molar-refractivity contribution in [2.45, 2.75) is 6.61 Å². The zero-order valence-corrected chi connectivity index (χ0v) is 13.0. The minimum atomic E-state index is -0.377. The molecule has 0 aliphatic carbocycles.